The van der Waals surface area contributed by atoms with Crippen LogP contribution in [0.1, 0.15) is 16.3 Å². The second-order valence-electron chi connectivity index (χ2n) is 5.67. The molecule has 1 heterocycles. The normalized spacial score (nSPS) is 10.9. The Hall–Kier alpha value is -2.70. The molecule has 3 rings (SSSR count). The number of aromatic nitrogens is 1. The van der Waals surface area contributed by atoms with E-state index >= 15 is 0 Å². The number of benzene rings is 2. The molecule has 0 spiro atoms. The number of thiazole rings is 1. The Labute approximate surface area is 165 Å². The Bertz CT molecular complexity index is 988. The van der Waals surface area contributed by atoms with Crippen LogP contribution in [0.4, 0.5) is 10.1 Å². The van der Waals surface area contributed by atoms with Crippen LogP contribution in [0.3, 0.4) is 0 Å². The molecule has 0 aliphatic carbocycles. The maximum absolute atomic E-state index is 13.7. The highest BCUT2D eigenvalue weighted by atomic mass is 35.5. The van der Waals surface area contributed by atoms with Gasteiger partial charge in [-0.15, -0.1) is 11.3 Å². The second kappa shape index (κ2) is 8.79. The molecule has 0 aliphatic rings. The molecule has 138 valence electrons. The number of ether oxygens (including phenoxy) is 1. The summed E-state index contributed by atoms with van der Waals surface area (Å²) in [7, 11) is 0. The summed E-state index contributed by atoms with van der Waals surface area (Å²) in [6.07, 6.45) is 2.95. The van der Waals surface area contributed by atoms with E-state index in [1.54, 1.807) is 17.4 Å². The first-order chi connectivity index (χ1) is 13.0. The molecule has 3 aromatic rings. The van der Waals surface area contributed by atoms with Crippen LogP contribution in [0.25, 0.3) is 6.08 Å². The summed E-state index contributed by atoms with van der Waals surface area (Å²) in [4.78, 5) is 16.3. The fraction of sp³-hybridized carbons (Fsp3) is 0.100. The van der Waals surface area contributed by atoms with E-state index in [2.05, 4.69) is 10.3 Å². The summed E-state index contributed by atoms with van der Waals surface area (Å²) in [5.74, 6) is -0.335. The quantitative estimate of drug-likeness (QED) is 0.556. The van der Waals surface area contributed by atoms with E-state index in [0.717, 1.165) is 16.3 Å². The van der Waals surface area contributed by atoms with Crippen LogP contribution in [0.15, 0.2) is 53.9 Å². The van der Waals surface area contributed by atoms with Gasteiger partial charge in [-0.05, 0) is 48.9 Å². The van der Waals surface area contributed by atoms with Crippen molar-refractivity contribution in [1.82, 2.24) is 4.98 Å². The number of carbonyl (C=O) groups excluding carboxylic acids is 1. The molecule has 0 unspecified atom stereocenters. The number of anilines is 1. The van der Waals surface area contributed by atoms with Gasteiger partial charge in [-0.2, -0.15) is 0 Å². The SMILES string of the molecule is Cc1nc(COc2cccc(/C=C/C(=O)Nc3cc(Cl)ccc3F)c2)cs1. The molecule has 0 aliphatic heterocycles. The maximum Gasteiger partial charge on any atom is 0.248 e. The van der Waals surface area contributed by atoms with E-state index in [1.165, 1.54) is 24.3 Å². The van der Waals surface area contributed by atoms with Gasteiger partial charge in [0.25, 0.3) is 0 Å². The molecule has 7 heteroatoms. The number of hydrogen-bond acceptors (Lipinski definition) is 4. The molecule has 4 nitrogen and oxygen atoms in total. The van der Waals surface area contributed by atoms with Gasteiger partial charge in [0, 0.05) is 16.5 Å². The number of amides is 1. The lowest BCUT2D eigenvalue weighted by Crippen LogP contribution is -2.09. The van der Waals surface area contributed by atoms with E-state index in [-0.39, 0.29) is 5.69 Å². The molecular formula is C20H16ClFN2O2S. The predicted octanol–water partition coefficient (Wildman–Crippen LogP) is 5.47. The minimum Gasteiger partial charge on any atom is -0.487 e. The maximum atomic E-state index is 13.7. The molecule has 0 radical (unpaired) electrons. The van der Waals surface area contributed by atoms with Crippen LogP contribution in [-0.4, -0.2) is 10.9 Å². The molecular weight excluding hydrogens is 387 g/mol. The topological polar surface area (TPSA) is 51.2 Å². The van der Waals surface area contributed by atoms with Crippen molar-refractivity contribution in [3.63, 3.8) is 0 Å². The van der Waals surface area contributed by atoms with Crippen molar-refractivity contribution in [2.45, 2.75) is 13.5 Å². The largest absolute Gasteiger partial charge is 0.487 e. The van der Waals surface area contributed by atoms with Crippen LogP contribution < -0.4 is 10.1 Å². The molecule has 1 amide bonds. The number of hydrogen-bond donors (Lipinski definition) is 1. The van der Waals surface area contributed by atoms with Crippen molar-refractivity contribution in [2.75, 3.05) is 5.32 Å². The van der Waals surface area contributed by atoms with Crippen LogP contribution in [0.2, 0.25) is 5.02 Å². The zero-order chi connectivity index (χ0) is 19.2. The van der Waals surface area contributed by atoms with Gasteiger partial charge < -0.3 is 10.1 Å². The lowest BCUT2D eigenvalue weighted by Gasteiger charge is -2.05. The Kier molecular flexibility index (Phi) is 6.21. The zero-order valence-electron chi connectivity index (χ0n) is 14.4. The Balaban J connectivity index is 1.61. The lowest BCUT2D eigenvalue weighted by atomic mass is 10.2. The van der Waals surface area contributed by atoms with E-state index in [1.807, 2.05) is 36.6 Å². The van der Waals surface area contributed by atoms with Crippen molar-refractivity contribution in [2.24, 2.45) is 0 Å². The molecule has 0 bridgehead atoms. The molecule has 1 N–H and O–H groups in total. The fourth-order valence-electron chi connectivity index (χ4n) is 2.28. The summed E-state index contributed by atoms with van der Waals surface area (Å²) >= 11 is 7.39. The van der Waals surface area contributed by atoms with Gasteiger partial charge in [0.2, 0.25) is 5.91 Å². The first kappa shape index (κ1) is 19.1. The number of nitrogens with zero attached hydrogens (tertiary/aromatic N) is 1. The summed E-state index contributed by atoms with van der Waals surface area (Å²) in [5, 5.41) is 5.75. The number of halogens is 2. The Morgan fingerprint density at radius 1 is 1.33 bits per heavy atom. The van der Waals surface area contributed by atoms with Crippen LogP contribution >= 0.6 is 22.9 Å². The third-order valence-electron chi connectivity index (χ3n) is 3.52. The minimum absolute atomic E-state index is 0.0350. The highest BCUT2D eigenvalue weighted by Crippen LogP contribution is 2.20. The van der Waals surface area contributed by atoms with Gasteiger partial charge in [-0.3, -0.25) is 4.79 Å². The van der Waals surface area contributed by atoms with Gasteiger partial charge in [-0.1, -0.05) is 23.7 Å². The van der Waals surface area contributed by atoms with E-state index in [0.29, 0.717) is 17.4 Å². The smallest absolute Gasteiger partial charge is 0.248 e. The van der Waals surface area contributed by atoms with Crippen LogP contribution in [0, 0.1) is 12.7 Å². The number of rotatable bonds is 6. The third kappa shape index (κ3) is 5.64. The van der Waals surface area contributed by atoms with Crippen molar-refractivity contribution >= 4 is 40.6 Å². The van der Waals surface area contributed by atoms with Gasteiger partial charge in [0.1, 0.15) is 18.2 Å². The van der Waals surface area contributed by atoms with Gasteiger partial charge in [-0.25, -0.2) is 9.37 Å². The fourth-order valence-corrected chi connectivity index (χ4v) is 3.05. The third-order valence-corrected chi connectivity index (χ3v) is 4.58. The summed E-state index contributed by atoms with van der Waals surface area (Å²) in [6.45, 7) is 2.33. The van der Waals surface area contributed by atoms with Gasteiger partial charge >= 0.3 is 0 Å². The molecule has 27 heavy (non-hydrogen) atoms. The highest BCUT2D eigenvalue weighted by molar-refractivity contribution is 7.09. The summed E-state index contributed by atoms with van der Waals surface area (Å²) in [6, 6.07) is 11.3. The van der Waals surface area contributed by atoms with Gasteiger partial charge in [0.05, 0.1) is 16.4 Å². The first-order valence-corrected chi connectivity index (χ1v) is 9.33. The lowest BCUT2D eigenvalue weighted by molar-refractivity contribution is -0.111. The van der Waals surface area contributed by atoms with E-state index < -0.39 is 11.7 Å². The van der Waals surface area contributed by atoms with Crippen molar-refractivity contribution in [1.29, 1.82) is 0 Å². The molecule has 0 atom stereocenters. The van der Waals surface area contributed by atoms with Crippen LogP contribution in [-0.2, 0) is 11.4 Å². The predicted molar refractivity (Wildman–Crippen MR) is 107 cm³/mol. The zero-order valence-corrected chi connectivity index (χ0v) is 16.0. The second-order valence-corrected chi connectivity index (χ2v) is 7.16. The van der Waals surface area contributed by atoms with Crippen molar-refractivity contribution < 1.29 is 13.9 Å². The first-order valence-electron chi connectivity index (χ1n) is 8.07. The highest BCUT2D eigenvalue weighted by Gasteiger charge is 2.05. The summed E-state index contributed by atoms with van der Waals surface area (Å²) in [5.41, 5.74) is 1.69. The number of carbonyl (C=O) groups is 1. The summed E-state index contributed by atoms with van der Waals surface area (Å²) < 4.78 is 19.4. The standard InChI is InChI=1S/C20H16ClFN2O2S/c1-13-23-16(12-27-13)11-26-17-4-2-3-14(9-17)5-8-20(25)24-19-10-15(21)6-7-18(19)22/h2-10,12H,11H2,1H3,(H,24,25)/b8-5+. The molecule has 1 aromatic heterocycles. The monoisotopic (exact) mass is 402 g/mol. The van der Waals surface area contributed by atoms with Gasteiger partial charge in [0.15, 0.2) is 0 Å². The van der Waals surface area contributed by atoms with Crippen LogP contribution in [0.5, 0.6) is 5.75 Å². The van der Waals surface area contributed by atoms with Crippen molar-refractivity contribution in [3.8, 4) is 5.75 Å². The Morgan fingerprint density at radius 2 is 2.19 bits per heavy atom. The minimum atomic E-state index is -0.547. The molecule has 0 saturated heterocycles. The average molecular weight is 403 g/mol. The Morgan fingerprint density at radius 3 is 2.96 bits per heavy atom. The molecule has 0 saturated carbocycles. The number of nitrogens with one attached hydrogen (secondary N) is 1. The van der Waals surface area contributed by atoms with E-state index in [4.69, 9.17) is 16.3 Å². The molecule has 2 aromatic carbocycles. The number of aryl methyl sites for hydroxylation is 1. The average Bonchev–Trinajstić information content (AvgIpc) is 3.07. The van der Waals surface area contributed by atoms with E-state index in [9.17, 15) is 9.18 Å². The van der Waals surface area contributed by atoms with Crippen molar-refractivity contribution in [3.05, 3.63) is 81.0 Å². The molecule has 0 fully saturated rings.